The van der Waals surface area contributed by atoms with E-state index in [1.165, 1.54) is 16.9 Å². The second-order valence-electron chi connectivity index (χ2n) is 6.37. The lowest BCUT2D eigenvalue weighted by molar-refractivity contribution is 0.0704. The molecule has 0 radical (unpaired) electrons. The first-order valence-corrected chi connectivity index (χ1v) is 10.7. The van der Waals surface area contributed by atoms with Crippen LogP contribution in [0.2, 0.25) is 10.0 Å². The van der Waals surface area contributed by atoms with Gasteiger partial charge in [0.1, 0.15) is 0 Å². The zero-order valence-corrected chi connectivity index (χ0v) is 16.6. The van der Waals surface area contributed by atoms with Crippen LogP contribution in [0.5, 0.6) is 0 Å². The number of pyridine rings is 1. The first-order chi connectivity index (χ1) is 12.2. The molecule has 140 valence electrons. The van der Waals surface area contributed by atoms with E-state index in [1.807, 2.05) is 0 Å². The molecule has 2 aromatic rings. The average molecular weight is 417 g/mol. The van der Waals surface area contributed by atoms with Gasteiger partial charge in [0.2, 0.25) is 0 Å². The van der Waals surface area contributed by atoms with Crippen molar-refractivity contribution in [3.05, 3.63) is 39.9 Å². The molecule has 2 aromatic heterocycles. The third-order valence-corrected chi connectivity index (χ3v) is 6.01. The van der Waals surface area contributed by atoms with E-state index in [4.69, 9.17) is 23.2 Å². The summed E-state index contributed by atoms with van der Waals surface area (Å²) in [5, 5.41) is 4.71. The summed E-state index contributed by atoms with van der Waals surface area (Å²) in [5.74, 6) is -0.276. The van der Waals surface area contributed by atoms with Crippen LogP contribution in [0.3, 0.4) is 0 Å². The molecule has 0 saturated carbocycles. The summed E-state index contributed by atoms with van der Waals surface area (Å²) in [5.41, 5.74) is 0.744. The third kappa shape index (κ3) is 3.87. The van der Waals surface area contributed by atoms with Crippen molar-refractivity contribution in [2.24, 2.45) is 7.05 Å². The minimum absolute atomic E-state index is 0.0553. The zero-order valence-electron chi connectivity index (χ0n) is 14.3. The Morgan fingerprint density at radius 3 is 2.46 bits per heavy atom. The van der Waals surface area contributed by atoms with Crippen LogP contribution < -0.4 is 0 Å². The van der Waals surface area contributed by atoms with Crippen molar-refractivity contribution in [1.29, 1.82) is 0 Å². The number of carbonyl (C=O) groups excluding carboxylic acids is 1. The van der Waals surface area contributed by atoms with Gasteiger partial charge in [-0.2, -0.15) is 5.10 Å². The maximum atomic E-state index is 12.6. The average Bonchev–Trinajstić information content (AvgIpc) is 2.92. The fourth-order valence-corrected chi connectivity index (χ4v) is 4.57. The highest BCUT2D eigenvalue weighted by molar-refractivity contribution is 7.90. The van der Waals surface area contributed by atoms with Crippen LogP contribution >= 0.6 is 23.2 Å². The number of aromatic nitrogens is 3. The smallest absolute Gasteiger partial charge is 0.275 e. The van der Waals surface area contributed by atoms with E-state index in [9.17, 15) is 13.2 Å². The van der Waals surface area contributed by atoms with E-state index in [-0.39, 0.29) is 27.4 Å². The Bertz CT molecular complexity index is 950. The molecule has 1 amide bonds. The van der Waals surface area contributed by atoms with Crippen molar-refractivity contribution in [2.75, 3.05) is 19.3 Å². The van der Waals surface area contributed by atoms with Gasteiger partial charge in [-0.25, -0.2) is 8.42 Å². The van der Waals surface area contributed by atoms with Gasteiger partial charge < -0.3 is 4.90 Å². The summed E-state index contributed by atoms with van der Waals surface area (Å²) >= 11 is 12.0. The van der Waals surface area contributed by atoms with Crippen LogP contribution in [-0.4, -0.2) is 53.3 Å². The number of likely N-dealkylation sites (tertiary alicyclic amines) is 1. The molecule has 0 aliphatic carbocycles. The minimum Gasteiger partial charge on any atom is -0.337 e. The van der Waals surface area contributed by atoms with Gasteiger partial charge in [-0.05, 0) is 18.9 Å². The number of rotatable bonds is 3. The quantitative estimate of drug-likeness (QED) is 0.766. The van der Waals surface area contributed by atoms with Crippen LogP contribution in [-0.2, 0) is 16.9 Å². The van der Waals surface area contributed by atoms with Gasteiger partial charge >= 0.3 is 0 Å². The van der Waals surface area contributed by atoms with Gasteiger partial charge in [-0.15, -0.1) is 0 Å². The molecule has 0 aromatic carbocycles. The number of halogens is 2. The molecule has 1 fully saturated rings. The van der Waals surface area contributed by atoms with E-state index >= 15 is 0 Å². The summed E-state index contributed by atoms with van der Waals surface area (Å²) in [6.07, 6.45) is 5.39. The number of aryl methyl sites for hydroxylation is 1. The van der Waals surface area contributed by atoms with Crippen molar-refractivity contribution in [1.82, 2.24) is 19.7 Å². The summed E-state index contributed by atoms with van der Waals surface area (Å²) in [7, 11) is -1.74. The van der Waals surface area contributed by atoms with E-state index in [1.54, 1.807) is 18.1 Å². The molecule has 1 aliphatic rings. The molecular formula is C16H18Cl2N4O3S. The number of sulfone groups is 1. The molecule has 3 rings (SSSR count). The molecule has 3 heterocycles. The molecule has 0 N–H and O–H groups in total. The fraction of sp³-hybridized carbons (Fsp3) is 0.438. The van der Waals surface area contributed by atoms with E-state index in [0.717, 1.165) is 6.26 Å². The number of hydrogen-bond acceptors (Lipinski definition) is 5. The SMILES string of the molecule is Cn1cc(Cl)c(C(=O)N2CCC(c3ncc(Cl)cc3S(C)(=O)=O)CC2)n1. The molecule has 0 spiro atoms. The molecule has 0 atom stereocenters. The Morgan fingerprint density at radius 2 is 1.92 bits per heavy atom. The molecule has 0 bridgehead atoms. The van der Waals surface area contributed by atoms with Gasteiger partial charge in [-0.3, -0.25) is 14.5 Å². The van der Waals surface area contributed by atoms with Gasteiger partial charge in [-0.1, -0.05) is 23.2 Å². The van der Waals surface area contributed by atoms with E-state index in [0.29, 0.717) is 36.6 Å². The number of hydrogen-bond donors (Lipinski definition) is 0. The van der Waals surface area contributed by atoms with Gasteiger partial charge in [0.15, 0.2) is 15.5 Å². The lowest BCUT2D eigenvalue weighted by atomic mass is 9.93. The Balaban J connectivity index is 1.77. The predicted octanol–water partition coefficient (Wildman–Crippen LogP) is 2.55. The Morgan fingerprint density at radius 1 is 1.27 bits per heavy atom. The van der Waals surface area contributed by atoms with Crippen LogP contribution in [0.4, 0.5) is 0 Å². The van der Waals surface area contributed by atoms with Crippen molar-refractivity contribution in [3.63, 3.8) is 0 Å². The molecule has 26 heavy (non-hydrogen) atoms. The van der Waals surface area contributed by atoms with Gasteiger partial charge in [0.05, 0.1) is 20.6 Å². The Hall–Kier alpha value is -1.64. The maximum absolute atomic E-state index is 12.6. The highest BCUT2D eigenvalue weighted by Gasteiger charge is 2.30. The second-order valence-corrected chi connectivity index (χ2v) is 9.20. The van der Waals surface area contributed by atoms with E-state index in [2.05, 4.69) is 10.1 Å². The second kappa shape index (κ2) is 7.17. The lowest BCUT2D eigenvalue weighted by Crippen LogP contribution is -2.38. The number of nitrogens with zero attached hydrogens (tertiary/aromatic N) is 4. The van der Waals surface area contributed by atoms with Crippen molar-refractivity contribution in [2.45, 2.75) is 23.7 Å². The highest BCUT2D eigenvalue weighted by atomic mass is 35.5. The maximum Gasteiger partial charge on any atom is 0.275 e. The molecule has 1 saturated heterocycles. The Labute approximate surface area is 161 Å². The number of amides is 1. The summed E-state index contributed by atoms with van der Waals surface area (Å²) in [6, 6.07) is 1.43. The summed E-state index contributed by atoms with van der Waals surface area (Å²) < 4.78 is 25.6. The topological polar surface area (TPSA) is 85.2 Å². The van der Waals surface area contributed by atoms with Gasteiger partial charge in [0, 0.05) is 44.7 Å². The first-order valence-electron chi connectivity index (χ1n) is 8.00. The molecular weight excluding hydrogens is 399 g/mol. The summed E-state index contributed by atoms with van der Waals surface area (Å²) in [6.45, 7) is 0.952. The number of carbonyl (C=O) groups is 1. The van der Waals surface area contributed by atoms with Crippen molar-refractivity contribution >= 4 is 38.9 Å². The fourth-order valence-electron chi connectivity index (χ4n) is 3.15. The van der Waals surface area contributed by atoms with Crippen LogP contribution in [0.25, 0.3) is 0 Å². The predicted molar refractivity (Wildman–Crippen MR) is 98.5 cm³/mol. The molecule has 10 heteroatoms. The highest BCUT2D eigenvalue weighted by Crippen LogP contribution is 2.33. The lowest BCUT2D eigenvalue weighted by Gasteiger charge is -2.32. The van der Waals surface area contributed by atoms with Gasteiger partial charge in [0.25, 0.3) is 5.91 Å². The Kier molecular flexibility index (Phi) is 5.28. The minimum atomic E-state index is -3.44. The van der Waals surface area contributed by atoms with Crippen LogP contribution in [0, 0.1) is 0 Å². The molecule has 0 unspecified atom stereocenters. The number of piperidine rings is 1. The largest absolute Gasteiger partial charge is 0.337 e. The zero-order chi connectivity index (χ0) is 19.1. The van der Waals surface area contributed by atoms with Crippen LogP contribution in [0.1, 0.15) is 34.9 Å². The standard InChI is InChI=1S/C16H18Cl2N4O3S/c1-21-9-12(18)15(20-21)16(23)22-5-3-10(4-6-22)14-13(26(2,24)25)7-11(17)8-19-14/h7-10H,3-6H2,1-2H3. The molecule has 7 nitrogen and oxygen atoms in total. The van der Waals surface area contributed by atoms with Crippen molar-refractivity contribution in [3.8, 4) is 0 Å². The molecule has 1 aliphatic heterocycles. The monoisotopic (exact) mass is 416 g/mol. The van der Waals surface area contributed by atoms with Crippen LogP contribution in [0.15, 0.2) is 23.4 Å². The van der Waals surface area contributed by atoms with Crippen molar-refractivity contribution < 1.29 is 13.2 Å². The third-order valence-electron chi connectivity index (χ3n) is 4.40. The first kappa shape index (κ1) is 19.1. The van der Waals surface area contributed by atoms with E-state index < -0.39 is 9.84 Å². The summed E-state index contributed by atoms with van der Waals surface area (Å²) in [4.78, 5) is 18.7. The normalized spacial score (nSPS) is 16.1.